The maximum absolute atomic E-state index is 13.1. The van der Waals surface area contributed by atoms with Crippen LogP contribution in [0.15, 0.2) is 10.5 Å². The number of nitro benzene ring substituents is 1. The van der Waals surface area contributed by atoms with Gasteiger partial charge in [-0.15, -0.1) is 0 Å². The van der Waals surface area contributed by atoms with E-state index in [-0.39, 0.29) is 10.0 Å². The van der Waals surface area contributed by atoms with E-state index in [9.17, 15) is 19.3 Å². The summed E-state index contributed by atoms with van der Waals surface area (Å²) in [5.74, 6) is -2.37. The lowest BCUT2D eigenvalue weighted by Gasteiger charge is -2.04. The number of hydrogen-bond acceptors (Lipinski definition) is 3. The lowest BCUT2D eigenvalue weighted by atomic mass is 10.1. The zero-order chi connectivity index (χ0) is 11.7. The van der Waals surface area contributed by atoms with Gasteiger partial charge in [0.15, 0.2) is 0 Å². The number of benzene rings is 1. The molecule has 0 fully saturated rings. The quantitative estimate of drug-likeness (QED) is 0.665. The third kappa shape index (κ3) is 1.96. The van der Waals surface area contributed by atoms with Crippen LogP contribution in [0.25, 0.3) is 0 Å². The van der Waals surface area contributed by atoms with Crippen molar-refractivity contribution in [1.82, 2.24) is 0 Å². The number of aromatic carboxylic acids is 1. The first-order valence-corrected chi connectivity index (χ1v) is 4.51. The van der Waals surface area contributed by atoms with Crippen LogP contribution in [0.4, 0.5) is 10.1 Å². The molecule has 0 heterocycles. The van der Waals surface area contributed by atoms with Gasteiger partial charge in [0.1, 0.15) is 11.4 Å². The third-order valence-corrected chi connectivity index (χ3v) is 2.81. The summed E-state index contributed by atoms with van der Waals surface area (Å²) < 4.78 is 13.0. The predicted octanol–water partition coefficient (Wildman–Crippen LogP) is 2.50. The summed E-state index contributed by atoms with van der Waals surface area (Å²) in [7, 11) is 0. The highest BCUT2D eigenvalue weighted by Crippen LogP contribution is 2.32. The van der Waals surface area contributed by atoms with E-state index in [4.69, 9.17) is 5.11 Å². The van der Waals surface area contributed by atoms with Crippen molar-refractivity contribution >= 4 is 27.6 Å². The zero-order valence-corrected chi connectivity index (χ0v) is 9.04. The Bertz CT molecular complexity index is 460. The molecule has 0 bridgehead atoms. The van der Waals surface area contributed by atoms with E-state index >= 15 is 0 Å². The number of carboxylic acid groups (broad SMARTS) is 1. The van der Waals surface area contributed by atoms with E-state index in [1.54, 1.807) is 0 Å². The summed E-state index contributed by atoms with van der Waals surface area (Å²) >= 11 is 2.81. The Hall–Kier alpha value is -1.50. The van der Waals surface area contributed by atoms with Crippen LogP contribution >= 0.6 is 15.9 Å². The minimum absolute atomic E-state index is 0.0441. The van der Waals surface area contributed by atoms with Crippen molar-refractivity contribution in [2.45, 2.75) is 6.92 Å². The summed E-state index contributed by atoms with van der Waals surface area (Å²) in [6.45, 7) is 1.28. The molecule has 1 aromatic rings. The highest BCUT2D eigenvalue weighted by atomic mass is 79.9. The number of carboxylic acids is 1. The summed E-state index contributed by atoms with van der Waals surface area (Å²) in [5.41, 5.74) is -1.30. The number of nitro groups is 1. The SMILES string of the molecule is Cc1c(Br)c(F)cc(C(=O)O)c1[N+](=O)[O-]. The average Bonchev–Trinajstić information content (AvgIpc) is 2.12. The van der Waals surface area contributed by atoms with Crippen LogP contribution in [0.3, 0.4) is 0 Å². The van der Waals surface area contributed by atoms with Crippen LogP contribution in [0.2, 0.25) is 0 Å². The van der Waals surface area contributed by atoms with Crippen LogP contribution in [0, 0.1) is 22.9 Å². The smallest absolute Gasteiger partial charge is 0.342 e. The van der Waals surface area contributed by atoms with Gasteiger partial charge in [-0.05, 0) is 28.9 Å². The van der Waals surface area contributed by atoms with Gasteiger partial charge in [-0.3, -0.25) is 10.1 Å². The molecule has 1 aromatic carbocycles. The van der Waals surface area contributed by atoms with E-state index in [1.165, 1.54) is 6.92 Å². The van der Waals surface area contributed by atoms with Crippen molar-refractivity contribution < 1.29 is 19.2 Å². The molecule has 0 saturated heterocycles. The molecule has 0 spiro atoms. The van der Waals surface area contributed by atoms with E-state index < -0.39 is 28.0 Å². The Kier molecular flexibility index (Phi) is 3.04. The molecule has 0 aromatic heterocycles. The van der Waals surface area contributed by atoms with Crippen LogP contribution in [-0.2, 0) is 0 Å². The van der Waals surface area contributed by atoms with Crippen LogP contribution in [0.5, 0.6) is 0 Å². The van der Waals surface area contributed by atoms with Crippen LogP contribution < -0.4 is 0 Å². The second-order valence-corrected chi connectivity index (χ2v) is 3.55. The fourth-order valence-electron chi connectivity index (χ4n) is 1.14. The highest BCUT2D eigenvalue weighted by Gasteiger charge is 2.26. The fourth-order valence-corrected chi connectivity index (χ4v) is 1.44. The Morgan fingerprint density at radius 2 is 2.20 bits per heavy atom. The second kappa shape index (κ2) is 3.93. The fraction of sp³-hybridized carbons (Fsp3) is 0.125. The minimum atomic E-state index is -1.53. The standard InChI is InChI=1S/C8H5BrFNO4/c1-3-6(9)5(10)2-4(8(12)13)7(3)11(14)15/h2H,1H3,(H,12,13). The van der Waals surface area contributed by atoms with Gasteiger partial charge in [0.25, 0.3) is 5.69 Å². The molecule has 1 N–H and O–H groups in total. The van der Waals surface area contributed by atoms with Crippen LogP contribution in [-0.4, -0.2) is 16.0 Å². The first-order valence-electron chi connectivity index (χ1n) is 3.72. The summed E-state index contributed by atoms with van der Waals surface area (Å²) in [6, 6.07) is 0.623. The zero-order valence-electron chi connectivity index (χ0n) is 7.45. The molecule has 0 amide bonds. The summed E-state index contributed by atoms with van der Waals surface area (Å²) in [4.78, 5) is 20.4. The molecule has 0 saturated carbocycles. The average molecular weight is 278 g/mol. The van der Waals surface area contributed by atoms with Crippen LogP contribution in [0.1, 0.15) is 15.9 Å². The predicted molar refractivity (Wildman–Crippen MR) is 52.5 cm³/mol. The first-order chi connectivity index (χ1) is 6.86. The van der Waals surface area contributed by atoms with E-state index in [0.717, 1.165) is 0 Å². The molecule has 80 valence electrons. The number of rotatable bonds is 2. The molecule has 0 atom stereocenters. The minimum Gasteiger partial charge on any atom is -0.477 e. The second-order valence-electron chi connectivity index (χ2n) is 2.76. The molecular formula is C8H5BrFNO4. The van der Waals surface area contributed by atoms with E-state index in [2.05, 4.69) is 15.9 Å². The molecular weight excluding hydrogens is 273 g/mol. The summed E-state index contributed by atoms with van der Waals surface area (Å²) in [6.07, 6.45) is 0. The number of hydrogen-bond donors (Lipinski definition) is 1. The van der Waals surface area contributed by atoms with E-state index in [0.29, 0.717) is 6.07 Å². The monoisotopic (exact) mass is 277 g/mol. The lowest BCUT2D eigenvalue weighted by Crippen LogP contribution is -2.06. The normalized spacial score (nSPS) is 10.1. The van der Waals surface area contributed by atoms with Gasteiger partial charge in [-0.25, -0.2) is 9.18 Å². The number of nitrogens with zero attached hydrogens (tertiary/aromatic N) is 1. The lowest BCUT2D eigenvalue weighted by molar-refractivity contribution is -0.385. The molecule has 0 radical (unpaired) electrons. The number of carbonyl (C=O) groups is 1. The Morgan fingerprint density at radius 3 is 2.60 bits per heavy atom. The Labute approximate surface area is 91.8 Å². The van der Waals surface area contributed by atoms with Crippen molar-refractivity contribution in [3.63, 3.8) is 0 Å². The Morgan fingerprint density at radius 1 is 1.67 bits per heavy atom. The Balaban J connectivity index is 3.65. The highest BCUT2D eigenvalue weighted by molar-refractivity contribution is 9.10. The van der Waals surface area contributed by atoms with Crippen molar-refractivity contribution in [3.05, 3.63) is 37.6 Å². The number of halogens is 2. The molecule has 0 aliphatic heterocycles. The molecule has 0 aliphatic rings. The topological polar surface area (TPSA) is 80.4 Å². The van der Waals surface area contributed by atoms with Gasteiger partial charge >= 0.3 is 5.97 Å². The van der Waals surface area contributed by atoms with Gasteiger partial charge in [0.2, 0.25) is 0 Å². The largest absolute Gasteiger partial charge is 0.477 e. The van der Waals surface area contributed by atoms with Gasteiger partial charge in [-0.1, -0.05) is 0 Å². The summed E-state index contributed by atoms with van der Waals surface area (Å²) in [5, 5.41) is 19.3. The molecule has 15 heavy (non-hydrogen) atoms. The molecule has 0 unspecified atom stereocenters. The molecule has 1 rings (SSSR count). The van der Waals surface area contributed by atoms with Gasteiger partial charge < -0.3 is 5.11 Å². The first kappa shape index (κ1) is 11.6. The molecule has 5 nitrogen and oxygen atoms in total. The molecule has 0 aliphatic carbocycles. The van der Waals surface area contributed by atoms with Crippen molar-refractivity contribution in [1.29, 1.82) is 0 Å². The van der Waals surface area contributed by atoms with Crippen molar-refractivity contribution in [3.8, 4) is 0 Å². The van der Waals surface area contributed by atoms with Gasteiger partial charge in [0, 0.05) is 5.56 Å². The van der Waals surface area contributed by atoms with Crippen molar-refractivity contribution in [2.75, 3.05) is 0 Å². The van der Waals surface area contributed by atoms with Crippen molar-refractivity contribution in [2.24, 2.45) is 0 Å². The molecule has 7 heteroatoms. The van der Waals surface area contributed by atoms with Gasteiger partial charge in [0.05, 0.1) is 9.40 Å². The van der Waals surface area contributed by atoms with E-state index in [1.807, 2.05) is 0 Å². The maximum Gasteiger partial charge on any atom is 0.342 e. The van der Waals surface area contributed by atoms with Gasteiger partial charge in [-0.2, -0.15) is 0 Å². The third-order valence-electron chi connectivity index (χ3n) is 1.83. The maximum atomic E-state index is 13.1.